The number of hydrogen-bond donors (Lipinski definition) is 1. The molecule has 2 rings (SSSR count). The molecule has 0 amide bonds. The summed E-state index contributed by atoms with van der Waals surface area (Å²) in [6.07, 6.45) is 1.43. The number of hydrogen-bond acceptors (Lipinski definition) is 3. The number of halogens is 2. The number of benzene rings is 1. The van der Waals surface area contributed by atoms with Gasteiger partial charge in [-0.15, -0.1) is 0 Å². The lowest BCUT2D eigenvalue weighted by Crippen LogP contribution is -2.02. The third-order valence-corrected chi connectivity index (χ3v) is 2.37. The van der Waals surface area contributed by atoms with E-state index >= 15 is 0 Å². The molecule has 0 fully saturated rings. The van der Waals surface area contributed by atoms with Gasteiger partial charge in [-0.1, -0.05) is 29.8 Å². The van der Waals surface area contributed by atoms with Gasteiger partial charge in [0.1, 0.15) is 12.4 Å². The molecular weight excluding hydrogens is 243 g/mol. The molecule has 0 spiro atoms. The predicted octanol–water partition coefficient (Wildman–Crippen LogP) is 3.04. The summed E-state index contributed by atoms with van der Waals surface area (Å²) in [5, 5.41) is 0.431. The maximum absolute atomic E-state index is 13.3. The first-order chi connectivity index (χ1) is 8.16. The summed E-state index contributed by atoms with van der Waals surface area (Å²) in [6, 6.07) is 7.90. The van der Waals surface area contributed by atoms with Crippen LogP contribution >= 0.6 is 11.6 Å². The van der Waals surface area contributed by atoms with Crippen LogP contribution < -0.4 is 10.5 Å². The largest absolute Gasteiger partial charge is 0.471 e. The molecule has 0 aliphatic heterocycles. The van der Waals surface area contributed by atoms with Crippen molar-refractivity contribution in [1.82, 2.24) is 4.98 Å². The number of ether oxygens (including phenoxy) is 1. The lowest BCUT2D eigenvalue weighted by Gasteiger charge is -2.08. The Morgan fingerprint density at radius 2 is 2.12 bits per heavy atom. The van der Waals surface area contributed by atoms with Crippen molar-refractivity contribution in [2.75, 3.05) is 5.73 Å². The van der Waals surface area contributed by atoms with Crippen LogP contribution in [-0.4, -0.2) is 4.98 Å². The lowest BCUT2D eigenvalue weighted by atomic mass is 10.2. The minimum atomic E-state index is -0.319. The average molecular weight is 253 g/mol. The van der Waals surface area contributed by atoms with Crippen LogP contribution in [-0.2, 0) is 6.61 Å². The van der Waals surface area contributed by atoms with Crippen molar-refractivity contribution in [3.05, 3.63) is 52.9 Å². The van der Waals surface area contributed by atoms with Gasteiger partial charge in [0.25, 0.3) is 0 Å². The second kappa shape index (κ2) is 5.01. The summed E-state index contributed by atoms with van der Waals surface area (Å²) < 4.78 is 18.6. The fraction of sp³-hybridized carbons (Fsp3) is 0.0833. The molecule has 0 unspecified atom stereocenters. The van der Waals surface area contributed by atoms with Crippen molar-refractivity contribution in [3.63, 3.8) is 0 Å². The maximum atomic E-state index is 13.3. The molecule has 0 aliphatic carbocycles. The number of nitrogens with zero attached hydrogens (tertiary/aromatic N) is 1. The Morgan fingerprint density at radius 1 is 1.35 bits per heavy atom. The van der Waals surface area contributed by atoms with Gasteiger partial charge in [-0.05, 0) is 12.1 Å². The van der Waals surface area contributed by atoms with E-state index in [0.29, 0.717) is 16.3 Å². The molecule has 88 valence electrons. The topological polar surface area (TPSA) is 48.1 Å². The summed E-state index contributed by atoms with van der Waals surface area (Å²) >= 11 is 5.70. The number of nitrogen functional groups attached to an aromatic ring is 1. The Labute approximate surface area is 103 Å². The molecule has 17 heavy (non-hydrogen) atoms. The Hall–Kier alpha value is -1.81. The quantitative estimate of drug-likeness (QED) is 0.913. The number of rotatable bonds is 3. The molecule has 0 saturated heterocycles. The van der Waals surface area contributed by atoms with E-state index in [0.717, 1.165) is 0 Å². The Balaban J connectivity index is 2.10. The van der Waals surface area contributed by atoms with Gasteiger partial charge in [0.2, 0.25) is 5.88 Å². The van der Waals surface area contributed by atoms with E-state index in [-0.39, 0.29) is 18.3 Å². The van der Waals surface area contributed by atoms with E-state index in [9.17, 15) is 4.39 Å². The zero-order valence-electron chi connectivity index (χ0n) is 8.86. The second-order valence-corrected chi connectivity index (χ2v) is 3.86. The summed E-state index contributed by atoms with van der Waals surface area (Å²) in [7, 11) is 0. The van der Waals surface area contributed by atoms with Crippen LogP contribution in [0.1, 0.15) is 5.56 Å². The molecule has 5 heteroatoms. The molecule has 2 aromatic rings. The van der Waals surface area contributed by atoms with Gasteiger partial charge >= 0.3 is 0 Å². The van der Waals surface area contributed by atoms with Gasteiger partial charge in [0, 0.05) is 11.8 Å². The standard InChI is InChI=1S/C12H10ClFN2O/c13-9-5-11(15)12(16-6-9)17-7-8-3-1-2-4-10(8)14/h1-6H,7,15H2. The van der Waals surface area contributed by atoms with Crippen LogP contribution in [0.25, 0.3) is 0 Å². The molecular formula is C12H10ClFN2O. The van der Waals surface area contributed by atoms with E-state index in [4.69, 9.17) is 22.1 Å². The highest BCUT2D eigenvalue weighted by Gasteiger charge is 2.05. The molecule has 0 aliphatic rings. The normalized spacial score (nSPS) is 10.2. The van der Waals surface area contributed by atoms with Crippen LogP contribution in [0.4, 0.5) is 10.1 Å². The molecule has 0 bridgehead atoms. The smallest absolute Gasteiger partial charge is 0.237 e. The van der Waals surface area contributed by atoms with Gasteiger partial charge in [-0.25, -0.2) is 9.37 Å². The predicted molar refractivity (Wildman–Crippen MR) is 64.4 cm³/mol. The molecule has 2 N–H and O–H groups in total. The first kappa shape index (κ1) is 11.7. The zero-order valence-corrected chi connectivity index (χ0v) is 9.62. The maximum Gasteiger partial charge on any atom is 0.237 e. The fourth-order valence-electron chi connectivity index (χ4n) is 1.32. The summed E-state index contributed by atoms with van der Waals surface area (Å²) in [5.41, 5.74) is 6.43. The van der Waals surface area contributed by atoms with Crippen LogP contribution in [0.2, 0.25) is 5.02 Å². The van der Waals surface area contributed by atoms with Gasteiger partial charge in [-0.2, -0.15) is 0 Å². The van der Waals surface area contributed by atoms with E-state index < -0.39 is 0 Å². The molecule has 0 radical (unpaired) electrons. The van der Waals surface area contributed by atoms with E-state index in [2.05, 4.69) is 4.98 Å². The van der Waals surface area contributed by atoms with E-state index in [1.807, 2.05) is 0 Å². The molecule has 1 heterocycles. The number of pyridine rings is 1. The highest BCUT2D eigenvalue weighted by Crippen LogP contribution is 2.22. The van der Waals surface area contributed by atoms with Crippen LogP contribution in [0.15, 0.2) is 36.5 Å². The van der Waals surface area contributed by atoms with Crippen molar-refractivity contribution in [2.24, 2.45) is 0 Å². The molecule has 0 saturated carbocycles. The molecule has 1 aromatic heterocycles. The van der Waals surface area contributed by atoms with Crippen LogP contribution in [0.5, 0.6) is 5.88 Å². The number of nitrogens with two attached hydrogens (primary N) is 1. The van der Waals surface area contributed by atoms with Gasteiger partial charge in [0.15, 0.2) is 0 Å². The highest BCUT2D eigenvalue weighted by molar-refractivity contribution is 6.30. The SMILES string of the molecule is Nc1cc(Cl)cnc1OCc1ccccc1F. The number of aromatic nitrogens is 1. The highest BCUT2D eigenvalue weighted by atomic mass is 35.5. The summed E-state index contributed by atoms with van der Waals surface area (Å²) in [6.45, 7) is 0.0749. The monoisotopic (exact) mass is 252 g/mol. The average Bonchev–Trinajstić information content (AvgIpc) is 2.30. The Morgan fingerprint density at radius 3 is 2.82 bits per heavy atom. The van der Waals surface area contributed by atoms with Gasteiger partial charge < -0.3 is 10.5 Å². The first-order valence-corrected chi connectivity index (χ1v) is 5.32. The third kappa shape index (κ3) is 2.85. The summed E-state index contributed by atoms with van der Waals surface area (Å²) in [5.74, 6) is -0.0716. The van der Waals surface area contributed by atoms with Crippen LogP contribution in [0.3, 0.4) is 0 Å². The van der Waals surface area contributed by atoms with Gasteiger partial charge in [0.05, 0.1) is 10.7 Å². The van der Waals surface area contributed by atoms with E-state index in [1.54, 1.807) is 18.2 Å². The first-order valence-electron chi connectivity index (χ1n) is 4.94. The molecule has 3 nitrogen and oxygen atoms in total. The van der Waals surface area contributed by atoms with E-state index in [1.165, 1.54) is 18.3 Å². The molecule has 0 atom stereocenters. The second-order valence-electron chi connectivity index (χ2n) is 3.43. The van der Waals surface area contributed by atoms with Crippen molar-refractivity contribution in [1.29, 1.82) is 0 Å². The van der Waals surface area contributed by atoms with Crippen molar-refractivity contribution < 1.29 is 9.13 Å². The Kier molecular flexibility index (Phi) is 3.44. The summed E-state index contributed by atoms with van der Waals surface area (Å²) in [4.78, 5) is 3.92. The van der Waals surface area contributed by atoms with Crippen molar-refractivity contribution >= 4 is 17.3 Å². The zero-order chi connectivity index (χ0) is 12.3. The van der Waals surface area contributed by atoms with Crippen molar-refractivity contribution in [3.8, 4) is 5.88 Å². The lowest BCUT2D eigenvalue weighted by molar-refractivity contribution is 0.290. The minimum Gasteiger partial charge on any atom is -0.471 e. The van der Waals surface area contributed by atoms with Crippen molar-refractivity contribution in [2.45, 2.75) is 6.61 Å². The third-order valence-electron chi connectivity index (χ3n) is 2.17. The number of anilines is 1. The Bertz CT molecular complexity index is 534. The van der Waals surface area contributed by atoms with Gasteiger partial charge in [-0.3, -0.25) is 0 Å². The molecule has 1 aromatic carbocycles. The fourth-order valence-corrected chi connectivity index (χ4v) is 1.49. The van der Waals surface area contributed by atoms with Crippen LogP contribution in [0, 0.1) is 5.82 Å². The minimum absolute atomic E-state index is 0.0749.